The van der Waals surface area contributed by atoms with Crippen LogP contribution in [0.2, 0.25) is 0 Å². The number of anilines is 2. The summed E-state index contributed by atoms with van der Waals surface area (Å²) in [4.78, 5) is 19.4. The molecule has 32 heavy (non-hydrogen) atoms. The van der Waals surface area contributed by atoms with E-state index in [0.717, 1.165) is 28.1 Å². The standard InChI is InChI=1S/C25H26FN3O3/c1-16-10-18(4-5-24(16)31-3)23-14-21(15-27-17(23)2)28-25(30)19-11-20(26)13-22(12-19)29-6-8-32-9-7-29/h4-5,10-15H,6-9H2,1-3H3,(H,28,30). The highest BCUT2D eigenvalue weighted by Gasteiger charge is 2.16. The van der Waals surface area contributed by atoms with E-state index in [4.69, 9.17) is 9.47 Å². The van der Waals surface area contributed by atoms with E-state index < -0.39 is 5.82 Å². The summed E-state index contributed by atoms with van der Waals surface area (Å²) in [6.45, 7) is 6.39. The molecule has 1 aromatic heterocycles. The number of hydrogen-bond donors (Lipinski definition) is 1. The van der Waals surface area contributed by atoms with E-state index in [1.165, 1.54) is 12.1 Å². The van der Waals surface area contributed by atoms with Crippen molar-refractivity contribution in [3.63, 3.8) is 0 Å². The van der Waals surface area contributed by atoms with Gasteiger partial charge in [-0.2, -0.15) is 0 Å². The van der Waals surface area contributed by atoms with Gasteiger partial charge in [-0.05, 0) is 61.4 Å². The van der Waals surface area contributed by atoms with Crippen LogP contribution in [0.5, 0.6) is 5.75 Å². The topological polar surface area (TPSA) is 63.7 Å². The minimum atomic E-state index is -0.449. The van der Waals surface area contributed by atoms with Crippen molar-refractivity contribution in [1.29, 1.82) is 0 Å². The fourth-order valence-corrected chi connectivity index (χ4v) is 3.85. The lowest BCUT2D eigenvalue weighted by Gasteiger charge is -2.29. The first-order valence-corrected chi connectivity index (χ1v) is 10.5. The lowest BCUT2D eigenvalue weighted by molar-refractivity contribution is 0.102. The number of halogens is 1. The normalized spacial score (nSPS) is 13.7. The molecule has 4 rings (SSSR count). The number of rotatable bonds is 5. The minimum Gasteiger partial charge on any atom is -0.496 e. The molecule has 7 heteroatoms. The number of hydrogen-bond acceptors (Lipinski definition) is 5. The highest BCUT2D eigenvalue weighted by molar-refractivity contribution is 6.05. The van der Waals surface area contributed by atoms with Gasteiger partial charge in [-0.15, -0.1) is 0 Å². The van der Waals surface area contributed by atoms with E-state index in [-0.39, 0.29) is 11.5 Å². The monoisotopic (exact) mass is 435 g/mol. The number of nitrogens with zero attached hydrogens (tertiary/aromatic N) is 2. The molecule has 2 aromatic carbocycles. The van der Waals surface area contributed by atoms with Crippen molar-refractivity contribution in [3.8, 4) is 16.9 Å². The van der Waals surface area contributed by atoms with Crippen LogP contribution in [0.4, 0.5) is 15.8 Å². The highest BCUT2D eigenvalue weighted by Crippen LogP contribution is 2.29. The van der Waals surface area contributed by atoms with Crippen molar-refractivity contribution in [1.82, 2.24) is 4.98 Å². The molecule has 1 amide bonds. The molecule has 0 radical (unpaired) electrons. The number of methoxy groups -OCH3 is 1. The van der Waals surface area contributed by atoms with Crippen molar-refractivity contribution in [2.45, 2.75) is 13.8 Å². The Morgan fingerprint density at radius 2 is 1.91 bits per heavy atom. The third kappa shape index (κ3) is 4.73. The summed E-state index contributed by atoms with van der Waals surface area (Å²) in [5.74, 6) is -0.0249. The van der Waals surface area contributed by atoms with Crippen molar-refractivity contribution in [2.24, 2.45) is 0 Å². The Bertz CT molecular complexity index is 1140. The smallest absolute Gasteiger partial charge is 0.255 e. The highest BCUT2D eigenvalue weighted by atomic mass is 19.1. The maximum absolute atomic E-state index is 14.3. The number of carbonyl (C=O) groups is 1. The second-order valence-electron chi connectivity index (χ2n) is 7.79. The Morgan fingerprint density at radius 1 is 1.12 bits per heavy atom. The van der Waals surface area contributed by atoms with Gasteiger partial charge in [-0.25, -0.2) is 4.39 Å². The lowest BCUT2D eigenvalue weighted by Crippen LogP contribution is -2.36. The number of pyridine rings is 1. The second-order valence-corrected chi connectivity index (χ2v) is 7.79. The Kier molecular flexibility index (Phi) is 6.37. The van der Waals surface area contributed by atoms with Gasteiger partial charge in [-0.3, -0.25) is 9.78 Å². The molecule has 1 aliphatic heterocycles. The minimum absolute atomic E-state index is 0.258. The van der Waals surface area contributed by atoms with E-state index in [2.05, 4.69) is 10.3 Å². The third-order valence-electron chi connectivity index (χ3n) is 5.57. The molecule has 1 fully saturated rings. The summed E-state index contributed by atoms with van der Waals surface area (Å²) in [6.07, 6.45) is 1.61. The molecular formula is C25H26FN3O3. The first kappa shape index (κ1) is 21.8. The number of nitrogens with one attached hydrogen (secondary N) is 1. The van der Waals surface area contributed by atoms with Gasteiger partial charge in [0.2, 0.25) is 0 Å². The average Bonchev–Trinajstić information content (AvgIpc) is 2.80. The zero-order valence-corrected chi connectivity index (χ0v) is 18.4. The lowest BCUT2D eigenvalue weighted by atomic mass is 10.0. The Morgan fingerprint density at radius 3 is 2.62 bits per heavy atom. The molecule has 6 nitrogen and oxygen atoms in total. The average molecular weight is 435 g/mol. The maximum atomic E-state index is 14.3. The van der Waals surface area contributed by atoms with E-state index >= 15 is 0 Å². The van der Waals surface area contributed by atoms with Gasteiger partial charge in [0.25, 0.3) is 5.91 Å². The van der Waals surface area contributed by atoms with Crippen LogP contribution >= 0.6 is 0 Å². The third-order valence-corrected chi connectivity index (χ3v) is 5.57. The van der Waals surface area contributed by atoms with Gasteiger partial charge < -0.3 is 19.7 Å². The molecule has 0 atom stereocenters. The Labute approximate surface area is 187 Å². The van der Waals surface area contributed by atoms with Crippen LogP contribution in [-0.2, 0) is 4.74 Å². The molecule has 0 spiro atoms. The van der Waals surface area contributed by atoms with Gasteiger partial charge >= 0.3 is 0 Å². The van der Waals surface area contributed by atoms with Crippen molar-refractivity contribution < 1.29 is 18.7 Å². The molecule has 2 heterocycles. The van der Waals surface area contributed by atoms with Crippen LogP contribution in [0, 0.1) is 19.7 Å². The number of ether oxygens (including phenoxy) is 2. The van der Waals surface area contributed by atoms with Crippen LogP contribution in [-0.4, -0.2) is 44.3 Å². The molecule has 166 valence electrons. The van der Waals surface area contributed by atoms with Crippen LogP contribution < -0.4 is 15.0 Å². The molecule has 3 aromatic rings. The number of aromatic nitrogens is 1. The van der Waals surface area contributed by atoms with Crippen LogP contribution in [0.3, 0.4) is 0 Å². The number of morpholine rings is 1. The zero-order valence-electron chi connectivity index (χ0n) is 18.4. The molecule has 0 aliphatic carbocycles. The van der Waals surface area contributed by atoms with E-state index in [1.807, 2.05) is 43.0 Å². The zero-order chi connectivity index (χ0) is 22.7. The summed E-state index contributed by atoms with van der Waals surface area (Å²) in [5, 5.41) is 2.85. The summed E-state index contributed by atoms with van der Waals surface area (Å²) in [7, 11) is 1.64. The number of aryl methyl sites for hydroxylation is 2. The summed E-state index contributed by atoms with van der Waals surface area (Å²) >= 11 is 0. The molecular weight excluding hydrogens is 409 g/mol. The first-order valence-electron chi connectivity index (χ1n) is 10.5. The molecule has 0 bridgehead atoms. The molecule has 1 N–H and O–H groups in total. The van der Waals surface area contributed by atoms with E-state index in [0.29, 0.717) is 37.7 Å². The molecule has 1 saturated heterocycles. The van der Waals surface area contributed by atoms with Crippen molar-refractivity contribution in [3.05, 3.63) is 71.3 Å². The largest absolute Gasteiger partial charge is 0.496 e. The molecule has 1 aliphatic rings. The van der Waals surface area contributed by atoms with Crippen molar-refractivity contribution in [2.75, 3.05) is 43.6 Å². The summed E-state index contributed by atoms with van der Waals surface area (Å²) in [5.41, 5.74) is 5.21. The predicted octanol–water partition coefficient (Wildman–Crippen LogP) is 4.60. The van der Waals surface area contributed by atoms with E-state index in [1.54, 1.807) is 19.4 Å². The predicted molar refractivity (Wildman–Crippen MR) is 123 cm³/mol. The summed E-state index contributed by atoms with van der Waals surface area (Å²) < 4.78 is 25.0. The summed E-state index contributed by atoms with van der Waals surface area (Å²) in [6, 6.07) is 12.2. The van der Waals surface area contributed by atoms with Gasteiger partial charge in [0.15, 0.2) is 0 Å². The van der Waals surface area contributed by atoms with Gasteiger partial charge in [0, 0.05) is 35.6 Å². The number of amides is 1. The van der Waals surface area contributed by atoms with E-state index in [9.17, 15) is 9.18 Å². The van der Waals surface area contributed by atoms with Crippen LogP contribution in [0.1, 0.15) is 21.6 Å². The molecule has 0 saturated carbocycles. The van der Waals surface area contributed by atoms with Crippen LogP contribution in [0.15, 0.2) is 48.7 Å². The SMILES string of the molecule is COc1ccc(-c2cc(NC(=O)c3cc(F)cc(N4CCOCC4)c3)cnc2C)cc1C. The maximum Gasteiger partial charge on any atom is 0.255 e. The van der Waals surface area contributed by atoms with Crippen molar-refractivity contribution >= 4 is 17.3 Å². The van der Waals surface area contributed by atoms with Gasteiger partial charge in [-0.1, -0.05) is 6.07 Å². The first-order chi connectivity index (χ1) is 15.4. The Balaban J connectivity index is 1.58. The Hall–Kier alpha value is -3.45. The fraction of sp³-hybridized carbons (Fsp3) is 0.280. The quantitative estimate of drug-likeness (QED) is 0.635. The van der Waals surface area contributed by atoms with Gasteiger partial charge in [0.1, 0.15) is 11.6 Å². The van der Waals surface area contributed by atoms with Gasteiger partial charge in [0.05, 0.1) is 32.2 Å². The fourth-order valence-electron chi connectivity index (χ4n) is 3.85. The number of carbonyl (C=O) groups excluding carboxylic acids is 1. The number of benzene rings is 2. The molecule has 0 unspecified atom stereocenters. The second kappa shape index (κ2) is 9.36. The van der Waals surface area contributed by atoms with Crippen LogP contribution in [0.25, 0.3) is 11.1 Å².